The van der Waals surface area contributed by atoms with Gasteiger partial charge >= 0.3 is 19.5 Å². The summed E-state index contributed by atoms with van der Waals surface area (Å²) in [6, 6.07) is 23.2. The Morgan fingerprint density at radius 2 is 0.943 bits per heavy atom. The van der Waals surface area contributed by atoms with Crippen LogP contribution in [-0.4, -0.2) is 34.9 Å². The van der Waals surface area contributed by atoms with Gasteiger partial charge in [-0.1, -0.05) is 36.7 Å². The van der Waals surface area contributed by atoms with Gasteiger partial charge in [0.1, 0.15) is 5.82 Å². The van der Waals surface area contributed by atoms with E-state index in [9.17, 15) is 0 Å². The summed E-state index contributed by atoms with van der Waals surface area (Å²) in [5.41, 5.74) is 3.66. The van der Waals surface area contributed by atoms with Crippen LogP contribution < -0.4 is 4.98 Å². The van der Waals surface area contributed by atoms with Crippen LogP contribution in [0.2, 0.25) is 0 Å². The molecule has 6 heterocycles. The van der Waals surface area contributed by atoms with Crippen molar-refractivity contribution < 1.29 is 19.5 Å². The largest absolute Gasteiger partial charge is 1.00 e. The van der Waals surface area contributed by atoms with Crippen LogP contribution in [0.5, 0.6) is 0 Å². The summed E-state index contributed by atoms with van der Waals surface area (Å²) >= 11 is 0. The first-order valence-corrected chi connectivity index (χ1v) is 10.5. The summed E-state index contributed by atoms with van der Waals surface area (Å²) in [6.07, 6.45) is 13.8. The Hall–Kier alpha value is -4.36. The molecule has 0 aliphatic carbocycles. The quantitative estimate of drug-likeness (QED) is 0.320. The number of rotatable bonds is 3. The van der Waals surface area contributed by atoms with Crippen molar-refractivity contribution in [1.82, 2.24) is 39.9 Å². The number of H-pyrrole nitrogens is 1. The molecule has 0 spiro atoms. The molecule has 0 saturated heterocycles. The van der Waals surface area contributed by atoms with Crippen molar-refractivity contribution in [3.63, 3.8) is 0 Å². The summed E-state index contributed by atoms with van der Waals surface area (Å²) in [5, 5.41) is 0. The molecule has 0 fully saturated rings. The molecule has 6 aromatic heterocycles. The summed E-state index contributed by atoms with van der Waals surface area (Å²) in [7, 11) is 0. The van der Waals surface area contributed by atoms with Crippen LogP contribution in [0, 0.1) is 0 Å². The molecule has 0 aromatic carbocycles. The van der Waals surface area contributed by atoms with Crippen molar-refractivity contribution in [3.05, 3.63) is 122 Å². The van der Waals surface area contributed by atoms with Gasteiger partial charge in [-0.3, -0.25) is 19.9 Å². The molecule has 0 aliphatic heterocycles. The Morgan fingerprint density at radius 1 is 0.486 bits per heavy atom. The maximum Gasteiger partial charge on any atom is 1.00 e. The summed E-state index contributed by atoms with van der Waals surface area (Å²) in [6.45, 7) is 0. The number of imidazole rings is 2. The van der Waals surface area contributed by atoms with Gasteiger partial charge in [0.25, 0.3) is 0 Å². The molecule has 6 rings (SSSR count). The van der Waals surface area contributed by atoms with E-state index in [1.54, 1.807) is 49.6 Å². The van der Waals surface area contributed by atoms with Crippen LogP contribution >= 0.6 is 0 Å². The number of aromatic nitrogens is 8. The Bertz CT molecular complexity index is 1130. The van der Waals surface area contributed by atoms with Gasteiger partial charge in [0, 0.05) is 37.2 Å². The van der Waals surface area contributed by atoms with E-state index in [1.807, 2.05) is 72.8 Å². The van der Waals surface area contributed by atoms with Crippen molar-refractivity contribution in [2.24, 2.45) is 0 Å². The maximum atomic E-state index is 4.19. The molecule has 6 aromatic rings. The predicted molar refractivity (Wildman–Crippen MR) is 130 cm³/mol. The van der Waals surface area contributed by atoms with Crippen molar-refractivity contribution in [3.8, 4) is 34.4 Å². The molecule has 1 N–H and O–H groups in total. The normalized spacial score (nSPS) is 9.49. The third-order valence-electron chi connectivity index (χ3n) is 4.35. The van der Waals surface area contributed by atoms with Gasteiger partial charge in [-0.15, -0.1) is 0 Å². The zero-order valence-electron chi connectivity index (χ0n) is 18.5. The first-order chi connectivity index (χ1) is 16.9. The van der Waals surface area contributed by atoms with Gasteiger partial charge in [-0.2, -0.15) is 0 Å². The Kier molecular flexibility index (Phi) is 10.1. The molecule has 9 heteroatoms. The van der Waals surface area contributed by atoms with Crippen molar-refractivity contribution >= 4 is 0 Å². The summed E-state index contributed by atoms with van der Waals surface area (Å²) in [4.78, 5) is 31.5. The molecule has 0 saturated carbocycles. The smallest absolute Gasteiger partial charge is 0.440 e. The zero-order valence-corrected chi connectivity index (χ0v) is 20.3. The van der Waals surface area contributed by atoms with E-state index in [1.165, 1.54) is 0 Å². The number of hydrogen-bond acceptors (Lipinski definition) is 6. The molecule has 35 heavy (non-hydrogen) atoms. The van der Waals surface area contributed by atoms with Gasteiger partial charge in [-0.05, 0) is 54.4 Å². The molecule has 1 radical (unpaired) electrons. The van der Waals surface area contributed by atoms with E-state index in [-0.39, 0.29) is 19.5 Å². The van der Waals surface area contributed by atoms with Crippen molar-refractivity contribution in [1.29, 1.82) is 0 Å². The summed E-state index contributed by atoms with van der Waals surface area (Å²) in [5.74, 6) is 1.36. The molecule has 8 nitrogen and oxygen atoms in total. The van der Waals surface area contributed by atoms with Crippen LogP contribution in [0.3, 0.4) is 0 Å². The SMILES string of the molecule is [Ru+].c1c[n-]c(-c2ncc[nH]2)n1.c1ccc(-c2ccccn2)nc1.c1ccc(-c2ccccn2)nc1. The number of pyridine rings is 4. The second-order valence-corrected chi connectivity index (χ2v) is 6.68. The maximum absolute atomic E-state index is 4.19. The van der Waals surface area contributed by atoms with E-state index < -0.39 is 0 Å². The molecule has 0 atom stereocenters. The van der Waals surface area contributed by atoms with E-state index in [2.05, 4.69) is 39.9 Å². The molecule has 0 amide bonds. The van der Waals surface area contributed by atoms with Gasteiger partial charge < -0.3 is 15.0 Å². The van der Waals surface area contributed by atoms with E-state index in [0.29, 0.717) is 11.6 Å². The van der Waals surface area contributed by atoms with Crippen LogP contribution in [-0.2, 0) is 19.5 Å². The molecular weight excluding hydrogens is 525 g/mol. The van der Waals surface area contributed by atoms with E-state index >= 15 is 0 Å². The first kappa shape index (κ1) is 25.3. The number of hydrogen-bond donors (Lipinski definition) is 1. The van der Waals surface area contributed by atoms with Crippen molar-refractivity contribution in [2.45, 2.75) is 0 Å². The fourth-order valence-corrected chi connectivity index (χ4v) is 2.81. The Morgan fingerprint density at radius 3 is 1.23 bits per heavy atom. The Balaban J connectivity index is 0.000000145. The average Bonchev–Trinajstić information content (AvgIpc) is 3.66. The van der Waals surface area contributed by atoms with Gasteiger partial charge in [0.05, 0.1) is 22.8 Å². The van der Waals surface area contributed by atoms with Crippen molar-refractivity contribution in [2.75, 3.05) is 0 Å². The molecule has 0 unspecified atom stereocenters. The topological polar surface area (TPSA) is 107 Å². The number of nitrogens with zero attached hydrogens (tertiary/aromatic N) is 7. The Labute approximate surface area is 215 Å². The minimum Gasteiger partial charge on any atom is -0.440 e. The summed E-state index contributed by atoms with van der Waals surface area (Å²) < 4.78 is 0. The molecular formula is C26H21N8Ru. The fraction of sp³-hybridized carbons (Fsp3) is 0. The van der Waals surface area contributed by atoms with Crippen LogP contribution in [0.25, 0.3) is 34.4 Å². The second-order valence-electron chi connectivity index (χ2n) is 6.68. The minimum absolute atomic E-state index is 0. The standard InChI is InChI=1S/2C10H8N2.C6H5N4.Ru/c2*1-3-7-11-9(5-1)10-6-2-4-8-12-10;1-2-8-5(7-1)6-9-3-4-10-6;/h2*1-8H;1-4H,(H-,7,8,9,10);/q;;-1;+1. The molecule has 0 bridgehead atoms. The monoisotopic (exact) mass is 547 g/mol. The second kappa shape index (κ2) is 14.0. The van der Waals surface area contributed by atoms with Gasteiger partial charge in [-0.25, -0.2) is 4.98 Å². The minimum atomic E-state index is 0. The van der Waals surface area contributed by atoms with Gasteiger partial charge in [0.2, 0.25) is 0 Å². The third-order valence-corrected chi connectivity index (χ3v) is 4.35. The van der Waals surface area contributed by atoms with Gasteiger partial charge in [0.15, 0.2) is 0 Å². The zero-order chi connectivity index (χ0) is 23.3. The van der Waals surface area contributed by atoms with Crippen LogP contribution in [0.15, 0.2) is 122 Å². The fourth-order valence-electron chi connectivity index (χ4n) is 2.81. The van der Waals surface area contributed by atoms with Crippen LogP contribution in [0.1, 0.15) is 0 Å². The number of nitrogens with one attached hydrogen (secondary N) is 1. The van der Waals surface area contributed by atoms with E-state index in [0.717, 1.165) is 22.8 Å². The van der Waals surface area contributed by atoms with E-state index in [4.69, 9.17) is 0 Å². The number of aromatic amines is 1. The third kappa shape index (κ3) is 7.87. The molecule has 0 aliphatic rings. The molecule has 173 valence electrons. The van der Waals surface area contributed by atoms with Crippen LogP contribution in [0.4, 0.5) is 0 Å². The average molecular weight is 547 g/mol. The predicted octanol–water partition coefficient (Wildman–Crippen LogP) is 4.71. The first-order valence-electron chi connectivity index (χ1n) is 10.5.